The minimum absolute atomic E-state index is 0.0571. The summed E-state index contributed by atoms with van der Waals surface area (Å²) in [4.78, 5) is 13.9. The number of nitrogens with zero attached hydrogens (tertiary/aromatic N) is 1. The molecule has 0 radical (unpaired) electrons. The van der Waals surface area contributed by atoms with Gasteiger partial charge in [-0.25, -0.2) is 8.42 Å². The molecular weight excluding hydrogens is 290 g/mol. The predicted octanol–water partition coefficient (Wildman–Crippen LogP) is -1.21. The van der Waals surface area contributed by atoms with Crippen molar-refractivity contribution in [3.8, 4) is 0 Å². The first-order chi connectivity index (χ1) is 8.89. The smallest absolute Gasteiger partial charge is 0.234 e. The minimum atomic E-state index is -3.11. The maximum atomic E-state index is 11.9. The first-order valence-corrected chi connectivity index (χ1v) is 8.71. The van der Waals surface area contributed by atoms with Crippen molar-refractivity contribution in [2.75, 3.05) is 37.7 Å². The Kier molecular flexibility index (Phi) is 4.70. The maximum absolute atomic E-state index is 11.9. The first kappa shape index (κ1) is 15.0. The van der Waals surface area contributed by atoms with Crippen LogP contribution in [0.15, 0.2) is 0 Å². The van der Waals surface area contributed by atoms with Crippen LogP contribution in [-0.4, -0.2) is 68.3 Å². The molecule has 3 N–H and O–H groups in total. The van der Waals surface area contributed by atoms with Gasteiger partial charge >= 0.3 is 0 Å². The third-order valence-corrected chi connectivity index (χ3v) is 6.08. The van der Waals surface area contributed by atoms with E-state index in [1.165, 1.54) is 0 Å². The number of likely N-dealkylation sites (tertiary alicyclic amines) is 1. The topological polar surface area (TPSA) is 92.5 Å². The molecule has 0 bridgehead atoms. The number of sulfone groups is 1. The lowest BCUT2D eigenvalue weighted by Gasteiger charge is -2.18. The molecule has 0 aromatic heterocycles. The largest absolute Gasteiger partial charge is 0.350 e. The van der Waals surface area contributed by atoms with Crippen LogP contribution in [0.5, 0.6) is 0 Å². The van der Waals surface area contributed by atoms with Crippen LogP contribution in [0, 0.1) is 5.92 Å². The molecule has 1 amide bonds. The molecule has 2 aliphatic heterocycles. The van der Waals surface area contributed by atoms with Gasteiger partial charge in [0.25, 0.3) is 0 Å². The Morgan fingerprint density at radius 2 is 2.16 bits per heavy atom. The van der Waals surface area contributed by atoms with Crippen molar-refractivity contribution in [2.45, 2.75) is 17.8 Å². The number of nitrogens with two attached hydrogens (primary N) is 1. The molecule has 3 unspecified atom stereocenters. The van der Waals surface area contributed by atoms with Crippen LogP contribution in [-0.2, 0) is 14.6 Å². The maximum Gasteiger partial charge on any atom is 0.234 e. The Labute approximate surface area is 118 Å². The average molecular weight is 310 g/mol. The van der Waals surface area contributed by atoms with E-state index in [2.05, 4.69) is 5.32 Å². The van der Waals surface area contributed by atoms with E-state index in [1.807, 2.05) is 4.90 Å². The van der Waals surface area contributed by atoms with Crippen LogP contribution < -0.4 is 11.1 Å². The van der Waals surface area contributed by atoms with Gasteiger partial charge in [0.1, 0.15) is 0 Å². The molecule has 0 spiro atoms. The zero-order chi connectivity index (χ0) is 14.0. The molecule has 2 saturated heterocycles. The standard InChI is InChI=1S/C11H20ClN3O3S/c12-9-6-19(17,18)7-10(9)14-11(16)5-15-2-1-8(3-13)4-15/h8-10H,1-7,13H2,(H,14,16). The van der Waals surface area contributed by atoms with Crippen LogP contribution in [0.2, 0.25) is 0 Å². The van der Waals surface area contributed by atoms with Crippen molar-refractivity contribution in [3.05, 3.63) is 0 Å². The number of nitrogens with one attached hydrogen (secondary N) is 1. The Balaban J connectivity index is 1.79. The van der Waals surface area contributed by atoms with E-state index in [1.54, 1.807) is 0 Å². The summed E-state index contributed by atoms with van der Waals surface area (Å²) in [6, 6.07) is -0.466. The lowest BCUT2D eigenvalue weighted by Crippen LogP contribution is -2.45. The van der Waals surface area contributed by atoms with Crippen LogP contribution in [0.3, 0.4) is 0 Å². The quantitative estimate of drug-likeness (QED) is 0.636. The summed E-state index contributed by atoms with van der Waals surface area (Å²) in [6.45, 7) is 2.62. The number of carbonyl (C=O) groups excluding carboxylic acids is 1. The van der Waals surface area contributed by atoms with Gasteiger partial charge in [-0.3, -0.25) is 9.69 Å². The molecule has 0 saturated carbocycles. The molecule has 8 heteroatoms. The van der Waals surface area contributed by atoms with Crippen LogP contribution in [0.4, 0.5) is 0 Å². The minimum Gasteiger partial charge on any atom is -0.350 e. The van der Waals surface area contributed by atoms with E-state index in [-0.39, 0.29) is 24.0 Å². The van der Waals surface area contributed by atoms with Crippen molar-refractivity contribution < 1.29 is 13.2 Å². The summed E-state index contributed by atoms with van der Waals surface area (Å²) in [7, 11) is -3.11. The summed E-state index contributed by atoms with van der Waals surface area (Å²) in [6.07, 6.45) is 1.01. The average Bonchev–Trinajstić information content (AvgIpc) is 2.83. The molecular formula is C11H20ClN3O3S. The highest BCUT2D eigenvalue weighted by Crippen LogP contribution is 2.18. The van der Waals surface area contributed by atoms with E-state index < -0.39 is 21.3 Å². The van der Waals surface area contributed by atoms with E-state index in [9.17, 15) is 13.2 Å². The van der Waals surface area contributed by atoms with E-state index >= 15 is 0 Å². The number of alkyl halides is 1. The van der Waals surface area contributed by atoms with Gasteiger partial charge in [0, 0.05) is 6.54 Å². The van der Waals surface area contributed by atoms with Crippen molar-refractivity contribution in [2.24, 2.45) is 11.7 Å². The van der Waals surface area contributed by atoms with Crippen molar-refractivity contribution in [1.82, 2.24) is 10.2 Å². The number of halogens is 1. The fourth-order valence-electron chi connectivity index (χ4n) is 2.64. The normalized spacial score (nSPS) is 34.5. The highest BCUT2D eigenvalue weighted by molar-refractivity contribution is 7.91. The van der Waals surface area contributed by atoms with Gasteiger partial charge in [0.05, 0.1) is 29.5 Å². The lowest BCUT2D eigenvalue weighted by atomic mass is 10.1. The highest BCUT2D eigenvalue weighted by atomic mass is 35.5. The van der Waals surface area contributed by atoms with Gasteiger partial charge in [-0.2, -0.15) is 0 Å². The number of hydrogen-bond donors (Lipinski definition) is 2. The molecule has 3 atom stereocenters. The number of carbonyl (C=O) groups is 1. The third-order valence-electron chi connectivity index (χ3n) is 3.70. The first-order valence-electron chi connectivity index (χ1n) is 6.46. The SMILES string of the molecule is NCC1CCN(CC(=O)NC2CS(=O)(=O)CC2Cl)C1. The summed E-state index contributed by atoms with van der Waals surface area (Å²) in [5, 5.41) is 2.20. The van der Waals surface area contributed by atoms with Crippen LogP contribution >= 0.6 is 11.6 Å². The Bertz CT molecular complexity index is 442. The van der Waals surface area contributed by atoms with E-state index in [0.29, 0.717) is 12.5 Å². The van der Waals surface area contributed by atoms with Gasteiger partial charge < -0.3 is 11.1 Å². The van der Waals surface area contributed by atoms with E-state index in [0.717, 1.165) is 19.5 Å². The van der Waals surface area contributed by atoms with Crippen LogP contribution in [0.1, 0.15) is 6.42 Å². The van der Waals surface area contributed by atoms with Gasteiger partial charge in [-0.1, -0.05) is 0 Å². The second-order valence-corrected chi connectivity index (χ2v) is 8.11. The molecule has 0 aromatic rings. The second-order valence-electron chi connectivity index (χ2n) is 5.39. The predicted molar refractivity (Wildman–Crippen MR) is 73.8 cm³/mol. The Morgan fingerprint density at radius 1 is 1.42 bits per heavy atom. The summed E-state index contributed by atoms with van der Waals surface area (Å²) >= 11 is 5.95. The molecule has 2 fully saturated rings. The zero-order valence-corrected chi connectivity index (χ0v) is 12.3. The second kappa shape index (κ2) is 5.95. The molecule has 2 rings (SSSR count). The molecule has 0 aromatic carbocycles. The lowest BCUT2D eigenvalue weighted by molar-refractivity contribution is -0.122. The fraction of sp³-hybridized carbons (Fsp3) is 0.909. The molecule has 6 nitrogen and oxygen atoms in total. The number of amides is 1. The molecule has 110 valence electrons. The van der Waals surface area contributed by atoms with Gasteiger partial charge in [-0.15, -0.1) is 11.6 Å². The summed E-state index contributed by atoms with van der Waals surface area (Å²) in [5.74, 6) is 0.183. The summed E-state index contributed by atoms with van der Waals surface area (Å²) < 4.78 is 22.8. The van der Waals surface area contributed by atoms with Crippen LogP contribution in [0.25, 0.3) is 0 Å². The number of hydrogen-bond acceptors (Lipinski definition) is 5. The van der Waals surface area contributed by atoms with Gasteiger partial charge in [0.2, 0.25) is 5.91 Å². The molecule has 0 aliphatic carbocycles. The molecule has 19 heavy (non-hydrogen) atoms. The Morgan fingerprint density at radius 3 is 2.68 bits per heavy atom. The summed E-state index contributed by atoms with van der Waals surface area (Å²) in [5.41, 5.74) is 5.60. The van der Waals surface area contributed by atoms with Crippen molar-refractivity contribution in [1.29, 1.82) is 0 Å². The fourth-order valence-corrected chi connectivity index (χ4v) is 5.19. The Hall–Kier alpha value is -0.370. The van der Waals surface area contributed by atoms with Crippen molar-refractivity contribution >= 4 is 27.3 Å². The van der Waals surface area contributed by atoms with Crippen molar-refractivity contribution in [3.63, 3.8) is 0 Å². The molecule has 2 heterocycles. The molecule has 2 aliphatic rings. The monoisotopic (exact) mass is 309 g/mol. The highest BCUT2D eigenvalue weighted by Gasteiger charge is 2.37. The van der Waals surface area contributed by atoms with Gasteiger partial charge in [0.15, 0.2) is 9.84 Å². The third kappa shape index (κ3) is 4.05. The van der Waals surface area contributed by atoms with E-state index in [4.69, 9.17) is 17.3 Å². The number of rotatable bonds is 4. The van der Waals surface area contributed by atoms with Gasteiger partial charge in [-0.05, 0) is 25.4 Å². The zero-order valence-electron chi connectivity index (χ0n) is 10.7.